The zero-order valence-corrected chi connectivity index (χ0v) is 16.2. The number of benzene rings is 2. The van der Waals surface area contributed by atoms with Crippen LogP contribution in [-0.4, -0.2) is 30.3 Å². The molecule has 6 nitrogen and oxygen atoms in total. The first-order chi connectivity index (χ1) is 13.0. The highest BCUT2D eigenvalue weighted by atomic mass is 35.5. The molecule has 0 spiro atoms. The van der Waals surface area contributed by atoms with Gasteiger partial charge in [0.1, 0.15) is 11.5 Å². The SMILES string of the molecule is COc1ccc(OC)c(-c2nc(Nc3ccccc3Cl)sc2CC(=O)O)c1. The maximum atomic E-state index is 11.3. The van der Waals surface area contributed by atoms with Crippen molar-refractivity contribution < 1.29 is 19.4 Å². The van der Waals surface area contributed by atoms with Gasteiger partial charge in [-0.25, -0.2) is 4.98 Å². The number of aromatic nitrogens is 1. The summed E-state index contributed by atoms with van der Waals surface area (Å²) >= 11 is 7.45. The molecule has 140 valence electrons. The maximum absolute atomic E-state index is 11.3. The molecule has 27 heavy (non-hydrogen) atoms. The second kappa shape index (κ2) is 8.28. The predicted octanol–water partition coefficient (Wildman–Crippen LogP) is 4.85. The molecule has 0 unspecified atom stereocenters. The molecule has 3 aromatic rings. The topological polar surface area (TPSA) is 80.7 Å². The fraction of sp³-hybridized carbons (Fsp3) is 0.158. The third-order valence-corrected chi connectivity index (χ3v) is 5.09. The van der Waals surface area contributed by atoms with Crippen molar-refractivity contribution in [3.05, 3.63) is 52.4 Å². The zero-order valence-electron chi connectivity index (χ0n) is 14.7. The van der Waals surface area contributed by atoms with Gasteiger partial charge < -0.3 is 19.9 Å². The standard InChI is InChI=1S/C19H17ClN2O4S/c1-25-11-7-8-15(26-2)12(9-11)18-16(10-17(23)24)27-19(22-18)21-14-6-4-3-5-13(14)20/h3-9H,10H2,1-2H3,(H,21,22)(H,23,24). The van der Waals surface area contributed by atoms with Crippen LogP contribution in [0.25, 0.3) is 11.3 Å². The van der Waals surface area contributed by atoms with Gasteiger partial charge >= 0.3 is 5.97 Å². The van der Waals surface area contributed by atoms with Crippen molar-refractivity contribution in [2.75, 3.05) is 19.5 Å². The first-order valence-corrected chi connectivity index (χ1v) is 9.16. The third-order valence-electron chi connectivity index (χ3n) is 3.79. The number of rotatable bonds is 7. The molecule has 1 heterocycles. The number of nitrogens with zero attached hydrogens (tertiary/aromatic N) is 1. The Hall–Kier alpha value is -2.77. The number of nitrogens with one attached hydrogen (secondary N) is 1. The van der Waals surface area contributed by atoms with E-state index in [9.17, 15) is 9.90 Å². The van der Waals surface area contributed by atoms with Gasteiger partial charge in [0.2, 0.25) is 0 Å². The summed E-state index contributed by atoms with van der Waals surface area (Å²) < 4.78 is 10.7. The largest absolute Gasteiger partial charge is 0.497 e. The number of carboxylic acids is 1. The lowest BCUT2D eigenvalue weighted by atomic mass is 10.1. The normalized spacial score (nSPS) is 10.5. The minimum absolute atomic E-state index is 0.155. The maximum Gasteiger partial charge on any atom is 0.308 e. The molecule has 2 aromatic carbocycles. The lowest BCUT2D eigenvalue weighted by Crippen LogP contribution is -2.00. The lowest BCUT2D eigenvalue weighted by molar-refractivity contribution is -0.136. The fourth-order valence-electron chi connectivity index (χ4n) is 2.55. The zero-order chi connectivity index (χ0) is 19.4. The fourth-order valence-corrected chi connectivity index (χ4v) is 3.71. The Bertz CT molecular complexity index is 974. The number of hydrogen-bond acceptors (Lipinski definition) is 6. The summed E-state index contributed by atoms with van der Waals surface area (Å²) in [7, 11) is 3.12. The number of aliphatic carboxylic acids is 1. The van der Waals surface area contributed by atoms with E-state index in [1.807, 2.05) is 18.2 Å². The summed E-state index contributed by atoms with van der Waals surface area (Å²) in [4.78, 5) is 16.5. The Morgan fingerprint density at radius 2 is 2.00 bits per heavy atom. The van der Waals surface area contributed by atoms with Crippen LogP contribution in [0.5, 0.6) is 11.5 Å². The van der Waals surface area contributed by atoms with Gasteiger partial charge in [-0.1, -0.05) is 23.7 Å². The number of hydrogen-bond donors (Lipinski definition) is 2. The molecular formula is C19H17ClN2O4S. The number of methoxy groups -OCH3 is 2. The number of thiazole rings is 1. The van der Waals surface area contributed by atoms with Gasteiger partial charge in [0.25, 0.3) is 0 Å². The summed E-state index contributed by atoms with van der Waals surface area (Å²) in [5.74, 6) is 0.267. The molecular weight excluding hydrogens is 388 g/mol. The molecule has 0 aliphatic carbocycles. The van der Waals surface area contributed by atoms with Gasteiger partial charge in [-0.05, 0) is 30.3 Å². The van der Waals surface area contributed by atoms with E-state index in [2.05, 4.69) is 10.3 Å². The summed E-state index contributed by atoms with van der Waals surface area (Å²) in [6, 6.07) is 12.6. The van der Waals surface area contributed by atoms with E-state index in [1.54, 1.807) is 38.5 Å². The highest BCUT2D eigenvalue weighted by molar-refractivity contribution is 7.16. The molecule has 0 saturated heterocycles. The van der Waals surface area contributed by atoms with Crippen LogP contribution < -0.4 is 14.8 Å². The Morgan fingerprint density at radius 3 is 2.67 bits per heavy atom. The van der Waals surface area contributed by atoms with Crippen LogP contribution in [0.1, 0.15) is 4.88 Å². The Labute approximate surface area is 165 Å². The lowest BCUT2D eigenvalue weighted by Gasteiger charge is -2.10. The van der Waals surface area contributed by atoms with Gasteiger partial charge in [-0.15, -0.1) is 11.3 Å². The van der Waals surface area contributed by atoms with Crippen molar-refractivity contribution in [3.63, 3.8) is 0 Å². The van der Waals surface area contributed by atoms with Gasteiger partial charge in [0.15, 0.2) is 5.13 Å². The summed E-state index contributed by atoms with van der Waals surface area (Å²) in [6.45, 7) is 0. The number of carboxylic acid groups (broad SMARTS) is 1. The van der Waals surface area contributed by atoms with E-state index in [4.69, 9.17) is 21.1 Å². The van der Waals surface area contributed by atoms with Gasteiger partial charge in [-0.3, -0.25) is 4.79 Å². The molecule has 0 aliphatic rings. The minimum atomic E-state index is -0.939. The molecule has 0 fully saturated rings. The molecule has 8 heteroatoms. The molecule has 0 atom stereocenters. The van der Waals surface area contributed by atoms with Crippen LogP contribution >= 0.6 is 22.9 Å². The Kier molecular flexibility index (Phi) is 5.83. The summed E-state index contributed by atoms with van der Waals surface area (Å²) in [5, 5.41) is 13.5. The van der Waals surface area contributed by atoms with Gasteiger partial charge in [-0.2, -0.15) is 0 Å². The van der Waals surface area contributed by atoms with E-state index in [-0.39, 0.29) is 6.42 Å². The smallest absolute Gasteiger partial charge is 0.308 e. The first-order valence-electron chi connectivity index (χ1n) is 7.97. The highest BCUT2D eigenvalue weighted by Gasteiger charge is 2.20. The van der Waals surface area contributed by atoms with Crippen molar-refractivity contribution in [2.45, 2.75) is 6.42 Å². The van der Waals surface area contributed by atoms with Crippen LogP contribution in [0.3, 0.4) is 0 Å². The first kappa shape index (κ1) is 19.0. The van der Waals surface area contributed by atoms with Crippen LogP contribution in [0.4, 0.5) is 10.8 Å². The van der Waals surface area contributed by atoms with Gasteiger partial charge in [0.05, 0.1) is 37.0 Å². The summed E-state index contributed by atoms with van der Waals surface area (Å²) in [6.07, 6.45) is -0.155. The van der Waals surface area contributed by atoms with Crippen LogP contribution in [0.15, 0.2) is 42.5 Å². The van der Waals surface area contributed by atoms with Gasteiger partial charge in [0, 0.05) is 10.4 Å². The van der Waals surface area contributed by atoms with Crippen molar-refractivity contribution in [1.29, 1.82) is 0 Å². The predicted molar refractivity (Wildman–Crippen MR) is 107 cm³/mol. The monoisotopic (exact) mass is 404 g/mol. The molecule has 0 amide bonds. The van der Waals surface area contributed by atoms with Crippen LogP contribution in [0, 0.1) is 0 Å². The average molecular weight is 405 g/mol. The molecule has 0 saturated carbocycles. The second-order valence-corrected chi connectivity index (χ2v) is 7.02. The number of halogens is 1. The molecule has 0 aliphatic heterocycles. The molecule has 0 bridgehead atoms. The molecule has 1 aromatic heterocycles. The Morgan fingerprint density at radius 1 is 1.22 bits per heavy atom. The van der Waals surface area contributed by atoms with Crippen molar-refractivity contribution >= 4 is 39.7 Å². The summed E-state index contributed by atoms with van der Waals surface area (Å²) in [5.41, 5.74) is 1.89. The minimum Gasteiger partial charge on any atom is -0.497 e. The van der Waals surface area contributed by atoms with E-state index in [0.29, 0.717) is 43.5 Å². The molecule has 3 rings (SSSR count). The molecule has 0 radical (unpaired) electrons. The highest BCUT2D eigenvalue weighted by Crippen LogP contribution is 2.39. The second-order valence-electron chi connectivity index (χ2n) is 5.53. The Balaban J connectivity index is 2.08. The van der Waals surface area contributed by atoms with E-state index < -0.39 is 5.97 Å². The number of carbonyl (C=O) groups is 1. The number of anilines is 2. The van der Waals surface area contributed by atoms with E-state index >= 15 is 0 Å². The van der Waals surface area contributed by atoms with Crippen LogP contribution in [-0.2, 0) is 11.2 Å². The van der Waals surface area contributed by atoms with E-state index in [0.717, 1.165) is 0 Å². The number of ether oxygens (including phenoxy) is 2. The van der Waals surface area contributed by atoms with Crippen molar-refractivity contribution in [1.82, 2.24) is 4.98 Å². The van der Waals surface area contributed by atoms with Crippen molar-refractivity contribution in [2.24, 2.45) is 0 Å². The van der Waals surface area contributed by atoms with E-state index in [1.165, 1.54) is 11.3 Å². The van der Waals surface area contributed by atoms with Crippen molar-refractivity contribution in [3.8, 4) is 22.8 Å². The van der Waals surface area contributed by atoms with Crippen LogP contribution in [0.2, 0.25) is 5.02 Å². The third kappa shape index (κ3) is 4.32. The molecule has 2 N–H and O–H groups in total. The number of para-hydroxylation sites is 1. The quantitative estimate of drug-likeness (QED) is 0.585. The average Bonchev–Trinajstić information content (AvgIpc) is 3.04.